The lowest BCUT2D eigenvalue weighted by molar-refractivity contribution is 0.828. The first-order chi connectivity index (χ1) is 10.8. The van der Waals surface area contributed by atoms with Gasteiger partial charge in [-0.15, -0.1) is 0 Å². The second-order valence-corrected chi connectivity index (χ2v) is 4.46. The molecule has 0 aliphatic carbocycles. The molecular formula is C18H14N4. The van der Waals surface area contributed by atoms with Gasteiger partial charge in [0.1, 0.15) is 12.1 Å². The Morgan fingerprint density at radius 3 is 2.18 bits per heavy atom. The number of hydrogen-bond donors (Lipinski definition) is 1. The van der Waals surface area contributed by atoms with Gasteiger partial charge in [-0.25, -0.2) is 4.99 Å². The maximum Gasteiger partial charge on any atom is 0.174 e. The SMILES string of the molecule is N#CC(/N=C/c1ccccc1)=C(\C#N)NCc1ccccc1. The lowest BCUT2D eigenvalue weighted by atomic mass is 10.2. The fraction of sp³-hybridized carbons (Fsp3) is 0.0556. The summed E-state index contributed by atoms with van der Waals surface area (Å²) in [5.41, 5.74) is 2.14. The third kappa shape index (κ3) is 4.33. The average Bonchev–Trinajstić information content (AvgIpc) is 2.59. The van der Waals surface area contributed by atoms with Gasteiger partial charge < -0.3 is 5.32 Å². The molecule has 2 rings (SSSR count). The predicted molar refractivity (Wildman–Crippen MR) is 85.6 cm³/mol. The van der Waals surface area contributed by atoms with Crippen LogP contribution in [0.25, 0.3) is 0 Å². The van der Waals surface area contributed by atoms with E-state index in [1.54, 1.807) is 6.21 Å². The van der Waals surface area contributed by atoms with Crippen molar-refractivity contribution in [2.75, 3.05) is 0 Å². The largest absolute Gasteiger partial charge is 0.370 e. The highest BCUT2D eigenvalue weighted by molar-refractivity contribution is 5.80. The van der Waals surface area contributed by atoms with Crippen LogP contribution in [0.4, 0.5) is 0 Å². The number of rotatable bonds is 5. The smallest absolute Gasteiger partial charge is 0.174 e. The second kappa shape index (κ2) is 8.04. The van der Waals surface area contributed by atoms with E-state index in [1.807, 2.05) is 72.8 Å². The molecule has 4 nitrogen and oxygen atoms in total. The van der Waals surface area contributed by atoms with Crippen molar-refractivity contribution < 1.29 is 0 Å². The molecule has 2 aromatic carbocycles. The van der Waals surface area contributed by atoms with Crippen LogP contribution in [0.15, 0.2) is 77.1 Å². The van der Waals surface area contributed by atoms with Gasteiger partial charge in [0.15, 0.2) is 11.4 Å². The Morgan fingerprint density at radius 1 is 0.955 bits per heavy atom. The zero-order valence-electron chi connectivity index (χ0n) is 11.9. The number of allylic oxidation sites excluding steroid dienone is 2. The molecule has 0 atom stereocenters. The van der Waals surface area contributed by atoms with Crippen LogP contribution in [-0.4, -0.2) is 6.21 Å². The molecule has 0 amide bonds. The zero-order chi connectivity index (χ0) is 15.6. The summed E-state index contributed by atoms with van der Waals surface area (Å²) < 4.78 is 0. The highest BCUT2D eigenvalue weighted by atomic mass is 14.9. The molecule has 0 fully saturated rings. The number of nitrogens with one attached hydrogen (secondary N) is 1. The maximum atomic E-state index is 9.21. The monoisotopic (exact) mass is 286 g/mol. The highest BCUT2D eigenvalue weighted by Gasteiger charge is 2.04. The van der Waals surface area contributed by atoms with E-state index in [1.165, 1.54) is 0 Å². The van der Waals surface area contributed by atoms with Gasteiger partial charge in [0, 0.05) is 12.8 Å². The van der Waals surface area contributed by atoms with E-state index in [4.69, 9.17) is 0 Å². The lowest BCUT2D eigenvalue weighted by Crippen LogP contribution is -2.13. The zero-order valence-corrected chi connectivity index (χ0v) is 11.9. The molecule has 0 saturated carbocycles. The third-order valence-electron chi connectivity index (χ3n) is 2.91. The quantitative estimate of drug-likeness (QED) is 0.678. The molecule has 1 N–H and O–H groups in total. The predicted octanol–water partition coefficient (Wildman–Crippen LogP) is 3.15. The van der Waals surface area contributed by atoms with Crippen molar-refractivity contribution >= 4 is 6.21 Å². The Balaban J connectivity index is 2.14. The molecule has 0 aliphatic rings. The summed E-state index contributed by atoms with van der Waals surface area (Å²) in [6, 6.07) is 23.0. The van der Waals surface area contributed by atoms with Crippen molar-refractivity contribution in [2.24, 2.45) is 4.99 Å². The van der Waals surface area contributed by atoms with Crippen LogP contribution in [0.3, 0.4) is 0 Å². The van der Waals surface area contributed by atoms with Gasteiger partial charge >= 0.3 is 0 Å². The topological polar surface area (TPSA) is 72.0 Å². The minimum Gasteiger partial charge on any atom is -0.370 e. The summed E-state index contributed by atoms with van der Waals surface area (Å²) in [6.45, 7) is 0.468. The molecule has 2 aromatic rings. The normalized spacial score (nSPS) is 11.4. The Labute approximate surface area is 129 Å². The standard InChI is InChI=1S/C18H14N4/c19-11-17(21-13-15-7-3-1-4-8-15)18(12-20)22-14-16-9-5-2-6-10-16/h1-10,13,22H,14H2/b18-17-,21-13+. The first kappa shape index (κ1) is 15.0. The summed E-state index contributed by atoms with van der Waals surface area (Å²) >= 11 is 0. The summed E-state index contributed by atoms with van der Waals surface area (Å²) in [7, 11) is 0. The summed E-state index contributed by atoms with van der Waals surface area (Å²) in [5.74, 6) is 0. The van der Waals surface area contributed by atoms with Gasteiger partial charge in [0.25, 0.3) is 0 Å². The van der Waals surface area contributed by atoms with E-state index in [9.17, 15) is 10.5 Å². The number of benzene rings is 2. The number of nitriles is 2. The van der Waals surface area contributed by atoms with E-state index in [-0.39, 0.29) is 11.4 Å². The van der Waals surface area contributed by atoms with Gasteiger partial charge in [-0.1, -0.05) is 60.7 Å². The maximum absolute atomic E-state index is 9.21. The Bertz CT molecular complexity index is 747. The van der Waals surface area contributed by atoms with Crippen LogP contribution >= 0.6 is 0 Å². The Kier molecular flexibility index (Phi) is 5.49. The van der Waals surface area contributed by atoms with Crippen molar-refractivity contribution in [1.82, 2.24) is 5.32 Å². The average molecular weight is 286 g/mol. The van der Waals surface area contributed by atoms with Crippen molar-refractivity contribution in [1.29, 1.82) is 10.5 Å². The lowest BCUT2D eigenvalue weighted by Gasteiger charge is -2.05. The molecule has 0 radical (unpaired) electrons. The molecule has 0 saturated heterocycles. The Hall–Kier alpha value is -3.37. The van der Waals surface area contributed by atoms with Crippen LogP contribution in [0.1, 0.15) is 11.1 Å². The first-order valence-electron chi connectivity index (χ1n) is 6.75. The third-order valence-corrected chi connectivity index (χ3v) is 2.91. The van der Waals surface area contributed by atoms with Gasteiger partial charge in [0.05, 0.1) is 0 Å². The second-order valence-electron chi connectivity index (χ2n) is 4.46. The van der Waals surface area contributed by atoms with E-state index < -0.39 is 0 Å². The fourth-order valence-corrected chi connectivity index (χ4v) is 1.79. The van der Waals surface area contributed by atoms with Gasteiger partial charge in [0.2, 0.25) is 0 Å². The van der Waals surface area contributed by atoms with Crippen LogP contribution in [0.5, 0.6) is 0 Å². The van der Waals surface area contributed by atoms with E-state index >= 15 is 0 Å². The minimum atomic E-state index is 0.0716. The van der Waals surface area contributed by atoms with Crippen molar-refractivity contribution in [3.8, 4) is 12.1 Å². The molecule has 4 heteroatoms. The van der Waals surface area contributed by atoms with Crippen LogP contribution in [0, 0.1) is 22.7 Å². The molecule has 0 aliphatic heterocycles. The van der Waals surface area contributed by atoms with E-state index in [0.717, 1.165) is 11.1 Å². The van der Waals surface area contributed by atoms with Crippen LogP contribution in [0.2, 0.25) is 0 Å². The van der Waals surface area contributed by atoms with Gasteiger partial charge in [-0.3, -0.25) is 0 Å². The van der Waals surface area contributed by atoms with Gasteiger partial charge in [-0.2, -0.15) is 10.5 Å². The minimum absolute atomic E-state index is 0.0716. The molecule has 0 unspecified atom stereocenters. The van der Waals surface area contributed by atoms with Gasteiger partial charge in [-0.05, 0) is 11.1 Å². The summed E-state index contributed by atoms with van der Waals surface area (Å²) in [4.78, 5) is 4.10. The van der Waals surface area contributed by atoms with Crippen molar-refractivity contribution in [3.63, 3.8) is 0 Å². The van der Waals surface area contributed by atoms with Crippen LogP contribution in [-0.2, 0) is 6.54 Å². The molecular weight excluding hydrogens is 272 g/mol. The molecule has 106 valence electrons. The van der Waals surface area contributed by atoms with E-state index in [0.29, 0.717) is 6.54 Å². The first-order valence-corrected chi connectivity index (χ1v) is 6.75. The number of hydrogen-bond acceptors (Lipinski definition) is 4. The summed E-state index contributed by atoms with van der Waals surface area (Å²) in [5, 5.41) is 21.4. The van der Waals surface area contributed by atoms with Crippen molar-refractivity contribution in [2.45, 2.75) is 6.54 Å². The number of aliphatic imine (C=N–C) groups is 1. The fourth-order valence-electron chi connectivity index (χ4n) is 1.79. The van der Waals surface area contributed by atoms with E-state index in [2.05, 4.69) is 10.3 Å². The molecule has 0 spiro atoms. The summed E-state index contributed by atoms with van der Waals surface area (Å²) in [6.07, 6.45) is 1.57. The number of nitrogens with zero attached hydrogens (tertiary/aromatic N) is 3. The molecule has 22 heavy (non-hydrogen) atoms. The molecule has 0 aromatic heterocycles. The molecule has 0 bridgehead atoms. The van der Waals surface area contributed by atoms with Crippen molar-refractivity contribution in [3.05, 3.63) is 83.2 Å². The molecule has 0 heterocycles. The Morgan fingerprint density at radius 2 is 1.59 bits per heavy atom. The highest BCUT2D eigenvalue weighted by Crippen LogP contribution is 2.05. The van der Waals surface area contributed by atoms with Crippen LogP contribution < -0.4 is 5.32 Å².